The van der Waals surface area contributed by atoms with E-state index in [4.69, 9.17) is 9.26 Å². The molecule has 5 rings (SSSR count). The number of aryl methyl sites for hydroxylation is 1. The summed E-state index contributed by atoms with van der Waals surface area (Å²) in [5, 5.41) is 4.12. The fourth-order valence-electron chi connectivity index (χ4n) is 4.38. The van der Waals surface area contributed by atoms with Crippen molar-refractivity contribution in [1.82, 2.24) is 10.1 Å². The lowest BCUT2D eigenvalue weighted by Gasteiger charge is -2.25. The van der Waals surface area contributed by atoms with Gasteiger partial charge in [0.05, 0.1) is 13.0 Å². The normalized spacial score (nSPS) is 18.7. The number of anilines is 1. The van der Waals surface area contributed by atoms with E-state index in [0.29, 0.717) is 24.7 Å². The Hall–Kier alpha value is -3.15. The van der Waals surface area contributed by atoms with Crippen LogP contribution in [-0.4, -0.2) is 29.7 Å². The van der Waals surface area contributed by atoms with Crippen LogP contribution < -0.4 is 9.64 Å². The lowest BCUT2D eigenvalue weighted by molar-refractivity contribution is -0.117. The number of fused-ring (bicyclic) bond motifs is 1. The molecule has 1 unspecified atom stereocenters. The van der Waals surface area contributed by atoms with Crippen LogP contribution in [0.2, 0.25) is 0 Å². The molecule has 0 spiro atoms. The van der Waals surface area contributed by atoms with Crippen molar-refractivity contribution in [3.05, 3.63) is 59.5 Å². The van der Waals surface area contributed by atoms with Gasteiger partial charge in [0.25, 0.3) is 0 Å². The van der Waals surface area contributed by atoms with Gasteiger partial charge < -0.3 is 14.2 Å². The molecule has 0 radical (unpaired) electrons. The SMILES string of the molecule is COc1ccc(-c2noc(C3CC(=O)N(c4cccc5c4CCCC5)C3)n2)cc1. The van der Waals surface area contributed by atoms with Gasteiger partial charge in [-0.25, -0.2) is 0 Å². The number of aromatic nitrogens is 2. The van der Waals surface area contributed by atoms with Crippen LogP contribution in [0.5, 0.6) is 5.75 Å². The average Bonchev–Trinajstić information content (AvgIpc) is 3.40. The highest BCUT2D eigenvalue weighted by Crippen LogP contribution is 2.36. The molecule has 2 aromatic carbocycles. The number of carbonyl (C=O) groups excluding carboxylic acids is 1. The summed E-state index contributed by atoms with van der Waals surface area (Å²) in [6.07, 6.45) is 4.95. The second-order valence-corrected chi connectivity index (χ2v) is 7.71. The molecule has 1 atom stereocenters. The van der Waals surface area contributed by atoms with Crippen molar-refractivity contribution in [2.45, 2.75) is 38.0 Å². The zero-order chi connectivity index (χ0) is 19.8. The molecule has 1 amide bonds. The first kappa shape index (κ1) is 17.9. The summed E-state index contributed by atoms with van der Waals surface area (Å²) in [5.74, 6) is 1.88. The first-order chi connectivity index (χ1) is 14.2. The predicted octanol–water partition coefficient (Wildman–Crippen LogP) is 4.14. The zero-order valence-corrected chi connectivity index (χ0v) is 16.4. The van der Waals surface area contributed by atoms with Gasteiger partial charge in [0, 0.05) is 24.2 Å². The summed E-state index contributed by atoms with van der Waals surface area (Å²) in [5.41, 5.74) is 4.63. The summed E-state index contributed by atoms with van der Waals surface area (Å²) in [6.45, 7) is 0.583. The highest BCUT2D eigenvalue weighted by molar-refractivity contribution is 5.97. The van der Waals surface area contributed by atoms with Gasteiger partial charge in [-0.1, -0.05) is 17.3 Å². The smallest absolute Gasteiger partial charge is 0.232 e. The minimum absolute atomic E-state index is 0.0820. The summed E-state index contributed by atoms with van der Waals surface area (Å²) in [6, 6.07) is 13.9. The highest BCUT2D eigenvalue weighted by atomic mass is 16.5. The lowest BCUT2D eigenvalue weighted by atomic mass is 9.90. The number of ether oxygens (including phenoxy) is 1. The molecule has 1 saturated heterocycles. The Kier molecular flexibility index (Phi) is 4.54. The number of hydrogen-bond donors (Lipinski definition) is 0. The monoisotopic (exact) mass is 389 g/mol. The summed E-state index contributed by atoms with van der Waals surface area (Å²) >= 11 is 0. The van der Waals surface area contributed by atoms with E-state index in [1.807, 2.05) is 29.2 Å². The standard InChI is InChI=1S/C23H23N3O3/c1-28-18-11-9-16(10-12-18)22-24-23(29-25-22)17-13-21(27)26(14-17)20-8-4-6-15-5-2-3-7-19(15)20/h4,6,8-12,17H,2-3,5,7,13-14H2,1H3. The second kappa shape index (κ2) is 7.35. The average molecular weight is 389 g/mol. The van der Waals surface area contributed by atoms with E-state index in [9.17, 15) is 4.79 Å². The first-order valence-electron chi connectivity index (χ1n) is 10.1. The molecule has 3 aromatic rings. The number of rotatable bonds is 4. The number of amides is 1. The Bertz CT molecular complexity index is 1040. The Labute approximate surface area is 169 Å². The Morgan fingerprint density at radius 2 is 1.93 bits per heavy atom. The van der Waals surface area contributed by atoms with Crippen LogP contribution in [0.3, 0.4) is 0 Å². The predicted molar refractivity (Wildman–Crippen MR) is 109 cm³/mol. The molecule has 29 heavy (non-hydrogen) atoms. The van der Waals surface area contributed by atoms with Gasteiger partial charge in [-0.05, 0) is 67.1 Å². The van der Waals surface area contributed by atoms with E-state index in [1.165, 1.54) is 24.0 Å². The lowest BCUT2D eigenvalue weighted by Crippen LogP contribution is -2.26. The fraction of sp³-hybridized carbons (Fsp3) is 0.348. The quantitative estimate of drug-likeness (QED) is 0.671. The van der Waals surface area contributed by atoms with E-state index >= 15 is 0 Å². The summed E-state index contributed by atoms with van der Waals surface area (Å²) in [4.78, 5) is 19.3. The minimum atomic E-state index is -0.0820. The van der Waals surface area contributed by atoms with E-state index in [1.54, 1.807) is 7.11 Å². The van der Waals surface area contributed by atoms with Crippen molar-refractivity contribution in [3.8, 4) is 17.1 Å². The third kappa shape index (κ3) is 3.28. The molecule has 1 aromatic heterocycles. The number of nitrogens with zero attached hydrogens (tertiary/aromatic N) is 3. The third-order valence-corrected chi connectivity index (χ3v) is 5.93. The number of carbonyl (C=O) groups is 1. The van der Waals surface area contributed by atoms with Crippen molar-refractivity contribution >= 4 is 11.6 Å². The van der Waals surface area contributed by atoms with Crippen molar-refractivity contribution < 1.29 is 14.1 Å². The minimum Gasteiger partial charge on any atom is -0.497 e. The molecule has 0 N–H and O–H groups in total. The Morgan fingerprint density at radius 3 is 2.76 bits per heavy atom. The molecule has 6 nitrogen and oxygen atoms in total. The number of methoxy groups -OCH3 is 1. The second-order valence-electron chi connectivity index (χ2n) is 7.71. The number of benzene rings is 2. The highest BCUT2D eigenvalue weighted by Gasteiger charge is 2.36. The van der Waals surface area contributed by atoms with E-state index in [-0.39, 0.29) is 11.8 Å². The Morgan fingerprint density at radius 1 is 1.10 bits per heavy atom. The van der Waals surface area contributed by atoms with Gasteiger partial charge in [-0.3, -0.25) is 4.79 Å². The molecule has 0 saturated carbocycles. The first-order valence-corrected chi connectivity index (χ1v) is 10.1. The maximum atomic E-state index is 12.8. The van der Waals surface area contributed by atoms with Crippen LogP contribution >= 0.6 is 0 Å². The molecular weight excluding hydrogens is 366 g/mol. The molecule has 2 heterocycles. The maximum Gasteiger partial charge on any atom is 0.232 e. The Balaban J connectivity index is 1.38. The van der Waals surface area contributed by atoms with Gasteiger partial charge in [-0.2, -0.15) is 4.98 Å². The van der Waals surface area contributed by atoms with Crippen molar-refractivity contribution in [3.63, 3.8) is 0 Å². The van der Waals surface area contributed by atoms with Crippen LogP contribution in [-0.2, 0) is 17.6 Å². The van der Waals surface area contributed by atoms with Crippen LogP contribution in [0.25, 0.3) is 11.4 Å². The molecule has 6 heteroatoms. The number of hydrogen-bond acceptors (Lipinski definition) is 5. The van der Waals surface area contributed by atoms with E-state index in [0.717, 1.165) is 29.8 Å². The van der Waals surface area contributed by atoms with Crippen molar-refractivity contribution in [2.75, 3.05) is 18.6 Å². The van der Waals surface area contributed by atoms with E-state index in [2.05, 4.69) is 28.3 Å². The largest absolute Gasteiger partial charge is 0.497 e. The van der Waals surface area contributed by atoms with E-state index < -0.39 is 0 Å². The molecule has 1 fully saturated rings. The molecule has 148 valence electrons. The van der Waals surface area contributed by atoms with Gasteiger partial charge >= 0.3 is 0 Å². The third-order valence-electron chi connectivity index (χ3n) is 5.93. The molecule has 0 bridgehead atoms. The van der Waals surface area contributed by atoms with Gasteiger partial charge in [0.1, 0.15) is 5.75 Å². The summed E-state index contributed by atoms with van der Waals surface area (Å²) in [7, 11) is 1.63. The van der Waals surface area contributed by atoms with Crippen LogP contribution in [0.4, 0.5) is 5.69 Å². The van der Waals surface area contributed by atoms with Crippen LogP contribution in [0.15, 0.2) is 47.0 Å². The van der Waals surface area contributed by atoms with Gasteiger partial charge in [-0.15, -0.1) is 0 Å². The maximum absolute atomic E-state index is 12.8. The molecule has 1 aliphatic heterocycles. The molecule has 2 aliphatic rings. The van der Waals surface area contributed by atoms with Crippen LogP contribution in [0, 0.1) is 0 Å². The van der Waals surface area contributed by atoms with Gasteiger partial charge in [0.2, 0.25) is 17.6 Å². The molecule has 1 aliphatic carbocycles. The van der Waals surface area contributed by atoms with Crippen LogP contribution in [0.1, 0.15) is 42.2 Å². The zero-order valence-electron chi connectivity index (χ0n) is 16.4. The summed E-state index contributed by atoms with van der Waals surface area (Å²) < 4.78 is 10.7. The van der Waals surface area contributed by atoms with Crippen molar-refractivity contribution in [2.24, 2.45) is 0 Å². The molecular formula is C23H23N3O3. The van der Waals surface area contributed by atoms with Crippen molar-refractivity contribution in [1.29, 1.82) is 0 Å². The fourth-order valence-corrected chi connectivity index (χ4v) is 4.38. The topological polar surface area (TPSA) is 68.5 Å². The van der Waals surface area contributed by atoms with Gasteiger partial charge in [0.15, 0.2) is 0 Å².